The zero-order chi connectivity index (χ0) is 30.3. The minimum Gasteiger partial charge on any atom is -0.491 e. The van der Waals surface area contributed by atoms with Gasteiger partial charge < -0.3 is 37.9 Å². The van der Waals surface area contributed by atoms with Crippen LogP contribution in [-0.2, 0) is 0 Å². The van der Waals surface area contributed by atoms with Crippen LogP contribution in [-0.4, -0.2) is 56.9 Å². The molecule has 8 nitrogen and oxygen atoms in total. The normalized spacial score (nSPS) is 12.5. The quantitative estimate of drug-likeness (QED) is 0.159. The molecule has 0 radical (unpaired) electrons. The summed E-state index contributed by atoms with van der Waals surface area (Å²) in [6.45, 7) is 0. The third-order valence-corrected chi connectivity index (χ3v) is 13.5. The predicted octanol–water partition coefficient (Wildman–Crippen LogP) is 9.54. The van der Waals surface area contributed by atoms with Crippen LogP contribution in [0, 0.1) is 0 Å². The van der Waals surface area contributed by atoms with Crippen LogP contribution in [0.5, 0.6) is 46.0 Å². The number of hydrogen-bond acceptors (Lipinski definition) is 12. The molecule has 0 unspecified atom stereocenters. The van der Waals surface area contributed by atoms with Crippen LogP contribution < -0.4 is 37.9 Å². The van der Waals surface area contributed by atoms with Gasteiger partial charge >= 0.3 is 0 Å². The van der Waals surface area contributed by atoms with Crippen LogP contribution >= 0.6 is 45.3 Å². The lowest BCUT2D eigenvalue weighted by molar-refractivity contribution is 0.362. The van der Waals surface area contributed by atoms with Crippen molar-refractivity contribution in [1.29, 1.82) is 0 Å². The fourth-order valence-corrected chi connectivity index (χ4v) is 12.6. The molecule has 4 heterocycles. The van der Waals surface area contributed by atoms with Crippen LogP contribution in [0.2, 0.25) is 0 Å². The van der Waals surface area contributed by atoms with E-state index in [2.05, 4.69) is 0 Å². The van der Waals surface area contributed by atoms with Gasteiger partial charge in [0.25, 0.3) is 0 Å². The van der Waals surface area contributed by atoms with Crippen molar-refractivity contribution >= 4 is 126 Å². The molecule has 9 rings (SSSR count). The van der Waals surface area contributed by atoms with E-state index in [1.54, 1.807) is 102 Å². The smallest absolute Gasteiger partial charge is 0.180 e. The minimum atomic E-state index is 0.689. The predicted molar refractivity (Wildman–Crippen MR) is 184 cm³/mol. The van der Waals surface area contributed by atoms with Gasteiger partial charge in [-0.2, -0.15) is 0 Å². The molecule has 9 aromatic rings. The molecule has 0 spiro atoms. The second kappa shape index (κ2) is 8.87. The Morgan fingerprint density at radius 1 is 0.227 bits per heavy atom. The summed E-state index contributed by atoms with van der Waals surface area (Å²) < 4.78 is 56.9. The molecule has 224 valence electrons. The number of benzene rings is 4. The molecule has 44 heavy (non-hydrogen) atoms. The fourth-order valence-electron chi connectivity index (χ4n) is 7.22. The lowest BCUT2D eigenvalue weighted by atomic mass is 9.93. The highest BCUT2D eigenvalue weighted by atomic mass is 32.1. The Kier molecular flexibility index (Phi) is 5.36. The fraction of sp³-hybridized carbons (Fsp3) is 0.250. The van der Waals surface area contributed by atoms with Gasteiger partial charge in [0.15, 0.2) is 46.0 Å². The third kappa shape index (κ3) is 2.68. The van der Waals surface area contributed by atoms with Crippen LogP contribution in [0.15, 0.2) is 0 Å². The summed E-state index contributed by atoms with van der Waals surface area (Å²) in [7, 11) is 13.6. The molecule has 0 N–H and O–H groups in total. The maximum atomic E-state index is 6.13. The van der Waals surface area contributed by atoms with Crippen molar-refractivity contribution in [2.75, 3.05) is 56.9 Å². The SMILES string of the molecule is COc1c(OC)c2sc3c(OC)c(OC)c4sc5c(OC)c(OC)c6sc7c(OC)c(OC)c8sc1c1c8c7c6c5c4c3c21. The number of hydrogen-bond donors (Lipinski definition) is 0. The van der Waals surface area contributed by atoms with Gasteiger partial charge in [-0.15, -0.1) is 45.3 Å². The summed E-state index contributed by atoms with van der Waals surface area (Å²) in [5.74, 6) is 5.51. The standard InChI is InChI=1S/C32H24O8S4/c1-33-17-18(34-2)26-10-9-11-13-15-16-14-12(10)28(42-26)21(37-5)22(38-6)30(14)44-32(16)24(40-8)23(39-7)31(15)43-29(13)20(36-4)19(35-3)27(11)41-25(9)17/h1-8H3. The average Bonchev–Trinajstić information content (AvgIpc) is 3.80. The molecule has 0 saturated carbocycles. The first-order valence-corrected chi connectivity index (χ1v) is 16.8. The van der Waals surface area contributed by atoms with E-state index in [-0.39, 0.29) is 0 Å². The average molecular weight is 665 g/mol. The van der Waals surface area contributed by atoms with Crippen molar-refractivity contribution in [2.24, 2.45) is 0 Å². The largest absolute Gasteiger partial charge is 0.491 e. The summed E-state index contributed by atoms with van der Waals surface area (Å²) in [4.78, 5) is 0. The van der Waals surface area contributed by atoms with Gasteiger partial charge in [-0.25, -0.2) is 0 Å². The molecular weight excluding hydrogens is 641 g/mol. The number of methoxy groups -OCH3 is 8. The zero-order valence-electron chi connectivity index (χ0n) is 24.9. The van der Waals surface area contributed by atoms with E-state index in [1.165, 1.54) is 0 Å². The molecule has 0 amide bonds. The Morgan fingerprint density at radius 2 is 0.341 bits per heavy atom. The van der Waals surface area contributed by atoms with Gasteiger partial charge in [0, 0.05) is 43.1 Å². The molecule has 0 aliphatic rings. The first kappa shape index (κ1) is 26.6. The van der Waals surface area contributed by atoms with Crippen molar-refractivity contribution in [3.05, 3.63) is 0 Å². The second-order valence-electron chi connectivity index (χ2n) is 10.3. The van der Waals surface area contributed by atoms with E-state index in [4.69, 9.17) is 37.9 Å². The van der Waals surface area contributed by atoms with Crippen LogP contribution in [0.25, 0.3) is 80.7 Å². The Balaban J connectivity index is 1.81. The van der Waals surface area contributed by atoms with Crippen LogP contribution in [0.1, 0.15) is 0 Å². The van der Waals surface area contributed by atoms with Gasteiger partial charge in [-0.05, 0) is 0 Å². The molecule has 12 heteroatoms. The Labute approximate surface area is 265 Å². The summed E-state index contributed by atoms with van der Waals surface area (Å²) in [5.41, 5.74) is 0. The van der Waals surface area contributed by atoms with E-state index in [9.17, 15) is 0 Å². The Hall–Kier alpha value is -3.84. The van der Waals surface area contributed by atoms with Gasteiger partial charge in [0.05, 0.1) is 94.5 Å². The molecule has 0 aliphatic carbocycles. The molecule has 0 saturated heterocycles. The lowest BCUT2D eigenvalue weighted by Gasteiger charge is -2.15. The summed E-state index contributed by atoms with van der Waals surface area (Å²) >= 11 is 6.53. The Bertz CT molecular complexity index is 2030. The van der Waals surface area contributed by atoms with E-state index < -0.39 is 0 Å². The minimum absolute atomic E-state index is 0.689. The van der Waals surface area contributed by atoms with E-state index in [1.807, 2.05) is 0 Å². The molecule has 0 aliphatic heterocycles. The van der Waals surface area contributed by atoms with Crippen LogP contribution in [0.4, 0.5) is 0 Å². The molecule has 4 aromatic heterocycles. The van der Waals surface area contributed by atoms with Gasteiger partial charge in [0.2, 0.25) is 0 Å². The van der Waals surface area contributed by atoms with E-state index in [0.29, 0.717) is 46.0 Å². The molecule has 0 bridgehead atoms. The highest BCUT2D eigenvalue weighted by molar-refractivity contribution is 7.32. The van der Waals surface area contributed by atoms with Gasteiger partial charge in [-0.3, -0.25) is 0 Å². The summed E-state index contributed by atoms with van der Waals surface area (Å²) in [6, 6.07) is 0. The van der Waals surface area contributed by atoms with Crippen molar-refractivity contribution in [1.82, 2.24) is 0 Å². The third-order valence-electron chi connectivity index (χ3n) is 8.74. The Morgan fingerprint density at radius 3 is 0.432 bits per heavy atom. The van der Waals surface area contributed by atoms with Gasteiger partial charge in [0.1, 0.15) is 0 Å². The first-order valence-electron chi connectivity index (χ1n) is 13.5. The molecule has 5 aromatic carbocycles. The maximum absolute atomic E-state index is 6.13. The van der Waals surface area contributed by atoms with Gasteiger partial charge in [-0.1, -0.05) is 0 Å². The van der Waals surface area contributed by atoms with E-state index >= 15 is 0 Å². The number of rotatable bonds is 8. The molecule has 0 atom stereocenters. The summed E-state index contributed by atoms with van der Waals surface area (Å²) in [5, 5.41) is 8.80. The number of thiophene rings is 4. The van der Waals surface area contributed by atoms with Crippen molar-refractivity contribution in [3.63, 3.8) is 0 Å². The van der Waals surface area contributed by atoms with Crippen molar-refractivity contribution < 1.29 is 37.9 Å². The topological polar surface area (TPSA) is 73.8 Å². The van der Waals surface area contributed by atoms with E-state index in [0.717, 1.165) is 80.7 Å². The molecular formula is C32H24O8S4. The van der Waals surface area contributed by atoms with Crippen molar-refractivity contribution in [2.45, 2.75) is 0 Å². The highest BCUT2D eigenvalue weighted by Gasteiger charge is 2.36. The monoisotopic (exact) mass is 664 g/mol. The highest BCUT2D eigenvalue weighted by Crippen LogP contribution is 2.67. The number of ether oxygens (including phenoxy) is 8. The molecule has 0 fully saturated rings. The zero-order valence-corrected chi connectivity index (χ0v) is 28.2. The second-order valence-corrected chi connectivity index (χ2v) is 14.4. The van der Waals surface area contributed by atoms with Crippen molar-refractivity contribution in [3.8, 4) is 46.0 Å². The maximum Gasteiger partial charge on any atom is 0.180 e. The van der Waals surface area contributed by atoms with Crippen LogP contribution in [0.3, 0.4) is 0 Å². The first-order chi connectivity index (χ1) is 21.5. The summed E-state index contributed by atoms with van der Waals surface area (Å²) in [6.07, 6.45) is 0. The lowest BCUT2D eigenvalue weighted by Crippen LogP contribution is -1.93.